The number of aromatic nitrogens is 1. The first kappa shape index (κ1) is 13.3. The number of hydrogen-bond acceptors (Lipinski definition) is 2. The van der Waals surface area contributed by atoms with E-state index in [0.717, 1.165) is 0 Å². The molecule has 0 atom stereocenters. The van der Waals surface area contributed by atoms with Crippen molar-refractivity contribution in [3.63, 3.8) is 0 Å². The molecule has 2 aromatic rings. The quantitative estimate of drug-likeness (QED) is 0.876. The molecular weight excluding hydrogens is 339 g/mol. The number of rotatable bonds is 2. The molecule has 0 fully saturated rings. The second kappa shape index (κ2) is 5.69. The molecule has 0 spiro atoms. The van der Waals surface area contributed by atoms with E-state index < -0.39 is 0 Å². The number of pyridine rings is 1. The van der Waals surface area contributed by atoms with Crippen LogP contribution >= 0.6 is 39.1 Å². The van der Waals surface area contributed by atoms with Crippen LogP contribution in [0.25, 0.3) is 0 Å². The maximum absolute atomic E-state index is 11.9. The first-order chi connectivity index (χ1) is 8.56. The van der Waals surface area contributed by atoms with Crippen molar-refractivity contribution in [2.24, 2.45) is 0 Å². The van der Waals surface area contributed by atoms with Gasteiger partial charge in [-0.2, -0.15) is 0 Å². The summed E-state index contributed by atoms with van der Waals surface area (Å²) in [4.78, 5) is 15.9. The van der Waals surface area contributed by atoms with Crippen molar-refractivity contribution >= 4 is 50.9 Å². The monoisotopic (exact) mass is 344 g/mol. The normalized spacial score (nSPS) is 10.2. The van der Waals surface area contributed by atoms with Crippen molar-refractivity contribution in [2.45, 2.75) is 0 Å². The van der Waals surface area contributed by atoms with Crippen LogP contribution < -0.4 is 5.32 Å². The molecular formula is C12H7BrCl2N2O. The van der Waals surface area contributed by atoms with Gasteiger partial charge in [0.2, 0.25) is 0 Å². The van der Waals surface area contributed by atoms with Crippen molar-refractivity contribution in [3.05, 3.63) is 56.6 Å². The Kier molecular flexibility index (Phi) is 4.22. The molecule has 1 heterocycles. The lowest BCUT2D eigenvalue weighted by Gasteiger charge is -2.06. The Hall–Kier alpha value is -1.10. The second-order valence-corrected chi connectivity index (χ2v) is 5.17. The van der Waals surface area contributed by atoms with E-state index >= 15 is 0 Å². The lowest BCUT2D eigenvalue weighted by atomic mass is 10.2. The topological polar surface area (TPSA) is 42.0 Å². The smallest absolute Gasteiger partial charge is 0.256 e. The molecule has 0 bridgehead atoms. The van der Waals surface area contributed by atoms with E-state index in [-0.39, 0.29) is 5.91 Å². The maximum atomic E-state index is 11.9. The number of anilines is 1. The first-order valence-electron chi connectivity index (χ1n) is 4.94. The van der Waals surface area contributed by atoms with Crippen LogP contribution in [-0.2, 0) is 0 Å². The first-order valence-corrected chi connectivity index (χ1v) is 6.49. The summed E-state index contributed by atoms with van der Waals surface area (Å²) in [5.41, 5.74) is 0.503. The van der Waals surface area contributed by atoms with Crippen molar-refractivity contribution < 1.29 is 4.79 Å². The van der Waals surface area contributed by atoms with Gasteiger partial charge in [-0.1, -0.05) is 23.2 Å². The molecule has 92 valence electrons. The van der Waals surface area contributed by atoms with Gasteiger partial charge < -0.3 is 5.32 Å². The highest BCUT2D eigenvalue weighted by molar-refractivity contribution is 9.10. The molecule has 1 amide bonds. The van der Waals surface area contributed by atoms with Crippen LogP contribution in [0.3, 0.4) is 0 Å². The molecule has 0 unspecified atom stereocenters. The number of hydrogen-bond donors (Lipinski definition) is 1. The van der Waals surface area contributed by atoms with Crippen molar-refractivity contribution in [2.75, 3.05) is 5.32 Å². The van der Waals surface area contributed by atoms with E-state index in [1.165, 1.54) is 6.20 Å². The number of nitrogens with zero attached hydrogens (tertiary/aromatic N) is 1. The number of carbonyl (C=O) groups is 1. The molecule has 1 aromatic carbocycles. The Balaban J connectivity index is 2.18. The highest BCUT2D eigenvalue weighted by atomic mass is 79.9. The van der Waals surface area contributed by atoms with Crippen LogP contribution in [0, 0.1) is 0 Å². The average molecular weight is 346 g/mol. The van der Waals surface area contributed by atoms with Gasteiger partial charge in [0.25, 0.3) is 5.91 Å². The molecule has 3 nitrogen and oxygen atoms in total. The second-order valence-electron chi connectivity index (χ2n) is 3.44. The molecule has 1 aromatic heterocycles. The summed E-state index contributed by atoms with van der Waals surface area (Å²) in [5, 5.41) is 3.75. The minimum atomic E-state index is -0.262. The Bertz CT molecular complexity index is 587. The number of nitrogens with one attached hydrogen (secondary N) is 1. The van der Waals surface area contributed by atoms with Gasteiger partial charge in [-0.25, -0.2) is 4.98 Å². The Labute approximate surface area is 122 Å². The Morgan fingerprint density at radius 2 is 1.83 bits per heavy atom. The Morgan fingerprint density at radius 3 is 2.44 bits per heavy atom. The third-order valence-corrected chi connectivity index (χ3v) is 3.21. The number of halogens is 3. The van der Waals surface area contributed by atoms with Crippen LogP contribution in [0.1, 0.15) is 10.4 Å². The van der Waals surface area contributed by atoms with Gasteiger partial charge in [0.05, 0.1) is 9.50 Å². The standard InChI is InChI=1S/C12H7BrCl2N2O/c13-10-5-9(15)6-16-11(10)17-12(18)7-1-3-8(14)4-2-7/h1-6H,(H,16,17,18). The van der Waals surface area contributed by atoms with Gasteiger partial charge in [0, 0.05) is 16.8 Å². The lowest BCUT2D eigenvalue weighted by Crippen LogP contribution is -2.13. The number of amides is 1. The zero-order chi connectivity index (χ0) is 13.1. The summed E-state index contributed by atoms with van der Waals surface area (Å²) in [7, 11) is 0. The molecule has 1 N–H and O–H groups in total. The van der Waals surface area contributed by atoms with E-state index in [2.05, 4.69) is 26.2 Å². The predicted octanol–water partition coefficient (Wildman–Crippen LogP) is 4.40. The SMILES string of the molecule is O=C(Nc1ncc(Cl)cc1Br)c1ccc(Cl)cc1. The molecule has 0 saturated carbocycles. The van der Waals surface area contributed by atoms with Gasteiger partial charge in [0.1, 0.15) is 5.82 Å². The third-order valence-electron chi connectivity index (χ3n) is 2.15. The van der Waals surface area contributed by atoms with Gasteiger partial charge in [-0.05, 0) is 46.3 Å². The molecule has 6 heteroatoms. The molecule has 0 saturated heterocycles. The maximum Gasteiger partial charge on any atom is 0.256 e. The van der Waals surface area contributed by atoms with E-state index in [9.17, 15) is 4.79 Å². The van der Waals surface area contributed by atoms with Crippen LogP contribution in [0.15, 0.2) is 41.0 Å². The summed E-state index contributed by atoms with van der Waals surface area (Å²) in [6, 6.07) is 8.25. The summed E-state index contributed by atoms with van der Waals surface area (Å²) in [5.74, 6) is 0.154. The molecule has 0 radical (unpaired) electrons. The lowest BCUT2D eigenvalue weighted by molar-refractivity contribution is 0.102. The van der Waals surface area contributed by atoms with Gasteiger partial charge in [-0.15, -0.1) is 0 Å². The van der Waals surface area contributed by atoms with Crippen LogP contribution in [0.5, 0.6) is 0 Å². The molecule has 0 aliphatic carbocycles. The number of carbonyl (C=O) groups excluding carboxylic acids is 1. The summed E-state index contributed by atoms with van der Waals surface area (Å²) in [6.07, 6.45) is 1.46. The average Bonchev–Trinajstić information content (AvgIpc) is 2.33. The van der Waals surface area contributed by atoms with E-state index in [4.69, 9.17) is 23.2 Å². The summed E-state index contributed by atoms with van der Waals surface area (Å²) < 4.78 is 0.623. The minimum Gasteiger partial charge on any atom is -0.306 e. The Morgan fingerprint density at radius 1 is 1.17 bits per heavy atom. The molecule has 18 heavy (non-hydrogen) atoms. The van der Waals surface area contributed by atoms with Crippen molar-refractivity contribution in [3.8, 4) is 0 Å². The van der Waals surface area contributed by atoms with E-state index in [0.29, 0.717) is 25.9 Å². The third kappa shape index (κ3) is 3.22. The fourth-order valence-electron chi connectivity index (χ4n) is 1.29. The zero-order valence-electron chi connectivity index (χ0n) is 8.95. The van der Waals surface area contributed by atoms with Crippen LogP contribution in [0.4, 0.5) is 5.82 Å². The van der Waals surface area contributed by atoms with E-state index in [1.54, 1.807) is 30.3 Å². The summed E-state index contributed by atoms with van der Waals surface area (Å²) >= 11 is 14.8. The van der Waals surface area contributed by atoms with E-state index in [1.807, 2.05) is 0 Å². The minimum absolute atomic E-state index is 0.262. The fraction of sp³-hybridized carbons (Fsp3) is 0. The van der Waals surface area contributed by atoms with Crippen LogP contribution in [-0.4, -0.2) is 10.9 Å². The summed E-state index contributed by atoms with van der Waals surface area (Å²) in [6.45, 7) is 0. The highest BCUT2D eigenvalue weighted by Gasteiger charge is 2.09. The zero-order valence-corrected chi connectivity index (χ0v) is 12.1. The van der Waals surface area contributed by atoms with Gasteiger partial charge in [-0.3, -0.25) is 4.79 Å². The molecule has 2 rings (SSSR count). The highest BCUT2D eigenvalue weighted by Crippen LogP contribution is 2.23. The predicted molar refractivity (Wildman–Crippen MR) is 76.4 cm³/mol. The van der Waals surface area contributed by atoms with Crippen molar-refractivity contribution in [1.29, 1.82) is 0 Å². The molecule has 0 aliphatic rings. The van der Waals surface area contributed by atoms with Gasteiger partial charge in [0.15, 0.2) is 0 Å². The molecule has 0 aliphatic heterocycles. The van der Waals surface area contributed by atoms with Gasteiger partial charge >= 0.3 is 0 Å². The fourth-order valence-corrected chi connectivity index (χ4v) is 2.15. The number of benzene rings is 1. The largest absolute Gasteiger partial charge is 0.306 e. The van der Waals surface area contributed by atoms with Crippen molar-refractivity contribution in [1.82, 2.24) is 4.98 Å². The van der Waals surface area contributed by atoms with Crippen LogP contribution in [0.2, 0.25) is 10.0 Å².